The fourth-order valence-corrected chi connectivity index (χ4v) is 2.96. The first-order valence-electron chi connectivity index (χ1n) is 6.16. The Hall–Kier alpha value is -0.430. The Kier molecular flexibility index (Phi) is 7.72. The monoisotopic (exact) mass is 380 g/mol. The second-order valence-electron chi connectivity index (χ2n) is 4.07. The summed E-state index contributed by atoms with van der Waals surface area (Å²) in [7, 11) is 0. The van der Waals surface area contributed by atoms with Gasteiger partial charge >= 0.3 is 0 Å². The highest BCUT2D eigenvalue weighted by molar-refractivity contribution is 9.10. The molecule has 7 heteroatoms. The molecule has 4 nitrogen and oxygen atoms in total. The SMILES string of the molecule is CCOc1c(Br)cc(Cl)cc1NC(=O)[C@@H](N)CCSC. The molecule has 1 aromatic rings. The van der Waals surface area contributed by atoms with Crippen LogP contribution >= 0.6 is 39.3 Å². The molecule has 20 heavy (non-hydrogen) atoms. The number of thioether (sulfide) groups is 1. The van der Waals surface area contributed by atoms with Crippen molar-refractivity contribution >= 4 is 50.9 Å². The summed E-state index contributed by atoms with van der Waals surface area (Å²) in [5.41, 5.74) is 6.36. The highest BCUT2D eigenvalue weighted by atomic mass is 79.9. The zero-order valence-corrected chi connectivity index (χ0v) is 14.6. The molecule has 1 rings (SSSR count). The van der Waals surface area contributed by atoms with Crippen LogP contribution in [-0.4, -0.2) is 30.6 Å². The molecule has 1 atom stereocenters. The number of amides is 1. The molecule has 0 aromatic heterocycles. The predicted octanol–water partition coefficient (Wildman–Crippen LogP) is 3.52. The van der Waals surface area contributed by atoms with Gasteiger partial charge in [0.05, 0.1) is 22.8 Å². The van der Waals surface area contributed by atoms with Crippen molar-refractivity contribution in [3.8, 4) is 5.75 Å². The number of hydrogen-bond donors (Lipinski definition) is 2. The molecular formula is C13H18BrClN2O2S. The quantitative estimate of drug-likeness (QED) is 0.758. The van der Waals surface area contributed by atoms with E-state index in [1.54, 1.807) is 23.9 Å². The zero-order valence-electron chi connectivity index (χ0n) is 11.4. The summed E-state index contributed by atoms with van der Waals surface area (Å²) >= 11 is 11.0. The molecule has 0 aliphatic carbocycles. The summed E-state index contributed by atoms with van der Waals surface area (Å²) in [4.78, 5) is 12.0. The Morgan fingerprint density at radius 3 is 2.90 bits per heavy atom. The molecule has 0 fully saturated rings. The van der Waals surface area contributed by atoms with Crippen molar-refractivity contribution < 1.29 is 9.53 Å². The van der Waals surface area contributed by atoms with Gasteiger partial charge in [0, 0.05) is 5.02 Å². The van der Waals surface area contributed by atoms with Crippen molar-refractivity contribution in [3.63, 3.8) is 0 Å². The van der Waals surface area contributed by atoms with Crippen LogP contribution in [0.5, 0.6) is 5.75 Å². The van der Waals surface area contributed by atoms with Crippen LogP contribution in [0.25, 0.3) is 0 Å². The van der Waals surface area contributed by atoms with Crippen LogP contribution in [0.2, 0.25) is 5.02 Å². The molecule has 0 heterocycles. The van der Waals surface area contributed by atoms with Gasteiger partial charge in [0.1, 0.15) is 0 Å². The Morgan fingerprint density at radius 2 is 2.30 bits per heavy atom. The van der Waals surface area contributed by atoms with Crippen LogP contribution in [0.1, 0.15) is 13.3 Å². The smallest absolute Gasteiger partial charge is 0.241 e. The molecule has 0 saturated heterocycles. The lowest BCUT2D eigenvalue weighted by atomic mass is 10.2. The third-order valence-electron chi connectivity index (χ3n) is 2.52. The summed E-state index contributed by atoms with van der Waals surface area (Å²) in [6, 6.07) is 2.82. The zero-order chi connectivity index (χ0) is 15.1. The minimum atomic E-state index is -0.547. The van der Waals surface area contributed by atoms with Crippen LogP contribution in [0.4, 0.5) is 5.69 Å². The van der Waals surface area contributed by atoms with Gasteiger partial charge in [-0.15, -0.1) is 0 Å². The number of carbonyl (C=O) groups is 1. The van der Waals surface area contributed by atoms with Gasteiger partial charge in [-0.1, -0.05) is 11.6 Å². The molecule has 0 aliphatic heterocycles. The lowest BCUT2D eigenvalue weighted by molar-refractivity contribution is -0.117. The molecule has 0 spiro atoms. The number of ether oxygens (including phenoxy) is 1. The van der Waals surface area contributed by atoms with E-state index in [1.165, 1.54) is 0 Å². The van der Waals surface area contributed by atoms with Crippen LogP contribution in [-0.2, 0) is 4.79 Å². The van der Waals surface area contributed by atoms with Crippen molar-refractivity contribution in [2.75, 3.05) is 23.9 Å². The number of rotatable bonds is 7. The van der Waals surface area contributed by atoms with E-state index in [4.69, 9.17) is 22.1 Å². The molecule has 3 N–H and O–H groups in total. The van der Waals surface area contributed by atoms with Gasteiger partial charge in [-0.3, -0.25) is 4.79 Å². The third-order valence-corrected chi connectivity index (χ3v) is 3.98. The summed E-state index contributed by atoms with van der Waals surface area (Å²) < 4.78 is 6.21. The normalized spacial score (nSPS) is 12.1. The van der Waals surface area contributed by atoms with Gasteiger partial charge in [0.25, 0.3) is 0 Å². The summed E-state index contributed by atoms with van der Waals surface area (Å²) in [6.07, 6.45) is 2.60. The standard InChI is InChI=1S/C13H18BrClN2O2S/c1-3-19-12-9(14)6-8(15)7-11(12)17-13(18)10(16)4-5-20-2/h6-7,10H,3-5,16H2,1-2H3,(H,17,18)/t10-/m0/s1. The van der Waals surface area contributed by atoms with E-state index in [0.29, 0.717) is 34.0 Å². The first kappa shape index (κ1) is 17.6. The van der Waals surface area contributed by atoms with Crippen molar-refractivity contribution in [1.29, 1.82) is 0 Å². The fourth-order valence-electron chi connectivity index (χ4n) is 1.55. The molecule has 0 aliphatic rings. The van der Waals surface area contributed by atoms with Gasteiger partial charge in [0.2, 0.25) is 5.91 Å². The van der Waals surface area contributed by atoms with Crippen molar-refractivity contribution in [2.24, 2.45) is 5.73 Å². The first-order chi connectivity index (χ1) is 9.49. The highest BCUT2D eigenvalue weighted by Gasteiger charge is 2.17. The van der Waals surface area contributed by atoms with Crippen molar-refractivity contribution in [2.45, 2.75) is 19.4 Å². The summed E-state index contributed by atoms with van der Waals surface area (Å²) in [5, 5.41) is 3.28. The topological polar surface area (TPSA) is 64.3 Å². The van der Waals surface area contributed by atoms with E-state index < -0.39 is 6.04 Å². The van der Waals surface area contributed by atoms with Gasteiger partial charge < -0.3 is 15.8 Å². The molecule has 1 amide bonds. The molecule has 112 valence electrons. The lowest BCUT2D eigenvalue weighted by Gasteiger charge is -2.16. The average molecular weight is 382 g/mol. The Labute approximate surface area is 136 Å². The van der Waals surface area contributed by atoms with Crippen LogP contribution < -0.4 is 15.8 Å². The summed E-state index contributed by atoms with van der Waals surface area (Å²) in [6.45, 7) is 2.36. The Morgan fingerprint density at radius 1 is 1.60 bits per heavy atom. The van der Waals surface area contributed by atoms with E-state index in [9.17, 15) is 4.79 Å². The van der Waals surface area contributed by atoms with E-state index in [2.05, 4.69) is 21.2 Å². The maximum atomic E-state index is 12.0. The fraction of sp³-hybridized carbons (Fsp3) is 0.462. The number of anilines is 1. The maximum absolute atomic E-state index is 12.0. The van der Waals surface area contributed by atoms with Crippen LogP contribution in [0.3, 0.4) is 0 Å². The van der Waals surface area contributed by atoms with Crippen molar-refractivity contribution in [3.05, 3.63) is 21.6 Å². The average Bonchev–Trinajstić information content (AvgIpc) is 2.39. The van der Waals surface area contributed by atoms with Gasteiger partial charge in [-0.25, -0.2) is 0 Å². The largest absolute Gasteiger partial charge is 0.491 e. The highest BCUT2D eigenvalue weighted by Crippen LogP contribution is 2.36. The molecule has 0 saturated carbocycles. The van der Waals surface area contributed by atoms with Gasteiger partial charge in [0.15, 0.2) is 5.75 Å². The van der Waals surface area contributed by atoms with Gasteiger partial charge in [-0.05, 0) is 53.4 Å². The molecule has 0 radical (unpaired) electrons. The van der Waals surface area contributed by atoms with Crippen LogP contribution in [0, 0.1) is 0 Å². The van der Waals surface area contributed by atoms with E-state index in [1.807, 2.05) is 13.2 Å². The molecule has 0 bridgehead atoms. The summed E-state index contributed by atoms with van der Waals surface area (Å²) in [5.74, 6) is 1.16. The van der Waals surface area contributed by atoms with E-state index >= 15 is 0 Å². The third kappa shape index (κ3) is 5.16. The predicted molar refractivity (Wildman–Crippen MR) is 89.9 cm³/mol. The number of halogens is 2. The number of hydrogen-bond acceptors (Lipinski definition) is 4. The second-order valence-corrected chi connectivity index (χ2v) is 6.35. The van der Waals surface area contributed by atoms with Crippen molar-refractivity contribution in [1.82, 2.24) is 0 Å². The number of benzene rings is 1. The number of nitrogens with one attached hydrogen (secondary N) is 1. The number of carbonyl (C=O) groups excluding carboxylic acids is 1. The van der Waals surface area contributed by atoms with Gasteiger partial charge in [-0.2, -0.15) is 11.8 Å². The lowest BCUT2D eigenvalue weighted by Crippen LogP contribution is -2.36. The molecular weight excluding hydrogens is 364 g/mol. The van der Waals surface area contributed by atoms with Crippen LogP contribution in [0.15, 0.2) is 16.6 Å². The van der Waals surface area contributed by atoms with E-state index in [-0.39, 0.29) is 5.91 Å². The Bertz CT molecular complexity index is 474. The second kappa shape index (κ2) is 8.77. The maximum Gasteiger partial charge on any atom is 0.241 e. The Balaban J connectivity index is 2.87. The molecule has 0 unspecified atom stereocenters. The minimum absolute atomic E-state index is 0.242. The minimum Gasteiger partial charge on any atom is -0.491 e. The molecule has 1 aromatic carbocycles. The first-order valence-corrected chi connectivity index (χ1v) is 8.73. The van der Waals surface area contributed by atoms with E-state index in [0.717, 1.165) is 5.75 Å². The number of nitrogens with two attached hydrogens (primary N) is 1.